The molecule has 0 radical (unpaired) electrons. The largest absolute Gasteiger partial charge is 0.463 e. The van der Waals surface area contributed by atoms with Gasteiger partial charge in [-0.1, -0.05) is 19.3 Å². The maximum absolute atomic E-state index is 9.64. The number of hydrogen-bond acceptors (Lipinski definition) is 1. The predicted molar refractivity (Wildman–Crippen MR) is 32.6 cm³/mol. The monoisotopic (exact) mass is 128 g/mol. The van der Waals surface area contributed by atoms with Crippen LogP contribution >= 0.6 is 0 Å². The van der Waals surface area contributed by atoms with Gasteiger partial charge in [0.1, 0.15) is 0 Å². The van der Waals surface area contributed by atoms with Gasteiger partial charge in [0.25, 0.3) is 0 Å². The smallest absolute Gasteiger partial charge is 0.321 e. The summed E-state index contributed by atoms with van der Waals surface area (Å²) in [7, 11) is 0. The predicted octanol–water partition coefficient (Wildman–Crippen LogP) is 0.577. The van der Waals surface area contributed by atoms with Gasteiger partial charge in [0.2, 0.25) is 0 Å². The van der Waals surface area contributed by atoms with E-state index in [0.717, 1.165) is 12.8 Å². The van der Waals surface area contributed by atoms with E-state index in [4.69, 9.17) is 0 Å². The molecule has 0 aliphatic heterocycles. The van der Waals surface area contributed by atoms with Crippen LogP contribution in [0.3, 0.4) is 0 Å². The Balaban J connectivity index is 2.23. The first-order valence-electron chi connectivity index (χ1n) is 3.55. The van der Waals surface area contributed by atoms with Crippen molar-refractivity contribution in [3.8, 4) is 0 Å². The summed E-state index contributed by atoms with van der Waals surface area (Å²) in [5.74, 6) is 0.441. The topological polar surface area (TPSA) is 34.4 Å². The van der Waals surface area contributed by atoms with Crippen molar-refractivity contribution in [1.29, 1.82) is 0 Å². The zero-order valence-electron chi connectivity index (χ0n) is 5.51. The van der Waals surface area contributed by atoms with Gasteiger partial charge in [-0.05, 0) is 12.8 Å². The molecule has 1 rings (SSSR count). The highest BCUT2D eigenvalue weighted by molar-refractivity contribution is 5.53. The summed E-state index contributed by atoms with van der Waals surface area (Å²) < 4.78 is 3.71. The molecular formula is C7H12O2. The Hall–Kier alpha value is -0.530. The summed E-state index contributed by atoms with van der Waals surface area (Å²) in [6.07, 6.45) is 7.54. The molecule has 0 N–H and O–H groups in total. The van der Waals surface area contributed by atoms with Crippen molar-refractivity contribution in [1.82, 2.24) is 0 Å². The third-order valence-corrected chi connectivity index (χ3v) is 1.90. The second-order valence-corrected chi connectivity index (χ2v) is 2.63. The Kier molecular flexibility index (Phi) is 2.55. The molecular weight excluding hydrogens is 116 g/mol. The van der Waals surface area contributed by atoms with Crippen LogP contribution in [0.25, 0.3) is 0 Å². The van der Waals surface area contributed by atoms with E-state index >= 15 is 0 Å². The molecule has 1 aliphatic carbocycles. The zero-order chi connectivity index (χ0) is 6.53. The maximum Gasteiger partial charge on any atom is 0.321 e. The molecule has 9 heavy (non-hydrogen) atoms. The lowest BCUT2D eigenvalue weighted by Crippen LogP contribution is -2.11. The molecule has 0 aromatic carbocycles. The first kappa shape index (κ1) is 6.59. The van der Waals surface area contributed by atoms with E-state index in [1.807, 2.05) is 0 Å². The van der Waals surface area contributed by atoms with Crippen LogP contribution in [0.15, 0.2) is 0 Å². The summed E-state index contributed by atoms with van der Waals surface area (Å²) >= 11 is 0. The quantitative estimate of drug-likeness (QED) is 0.220. The van der Waals surface area contributed by atoms with Gasteiger partial charge in [-0.2, -0.15) is 4.58 Å². The average molecular weight is 128 g/mol. The Morgan fingerprint density at radius 1 is 1.22 bits per heavy atom. The number of rotatable bonds is 1. The normalized spacial score (nSPS) is 23.1. The van der Waals surface area contributed by atoms with Crippen LogP contribution in [0.2, 0.25) is 0 Å². The van der Waals surface area contributed by atoms with Gasteiger partial charge in [0.15, 0.2) is 0 Å². The molecule has 0 bridgehead atoms. The van der Waals surface area contributed by atoms with Crippen molar-refractivity contribution >= 4 is 6.29 Å². The van der Waals surface area contributed by atoms with Crippen LogP contribution in [0, 0.1) is 5.92 Å². The van der Waals surface area contributed by atoms with Gasteiger partial charge < -0.3 is 5.26 Å². The van der Waals surface area contributed by atoms with Crippen molar-refractivity contribution in [2.24, 2.45) is 5.92 Å². The summed E-state index contributed by atoms with van der Waals surface area (Å²) in [6, 6.07) is 0. The Morgan fingerprint density at radius 2 is 1.89 bits per heavy atom. The molecule has 0 atom stereocenters. The SMILES string of the molecule is [O-][O+]=CC1CCCCC1. The summed E-state index contributed by atoms with van der Waals surface area (Å²) in [5, 5.41) is 9.64. The van der Waals surface area contributed by atoms with Gasteiger partial charge in [0, 0.05) is 0 Å². The fourth-order valence-corrected chi connectivity index (χ4v) is 1.35. The lowest BCUT2D eigenvalue weighted by Gasteiger charge is -2.12. The fraction of sp³-hybridized carbons (Fsp3) is 0.857. The molecule has 0 saturated heterocycles. The minimum Gasteiger partial charge on any atom is -0.463 e. The summed E-state index contributed by atoms with van der Waals surface area (Å²) in [5.41, 5.74) is 0. The third kappa shape index (κ3) is 2.04. The molecule has 0 aromatic rings. The molecule has 0 amide bonds. The Bertz CT molecular complexity index is 93.1. The number of aldehydes is 1. The van der Waals surface area contributed by atoms with E-state index in [2.05, 4.69) is 4.58 Å². The molecule has 0 spiro atoms. The summed E-state index contributed by atoms with van der Waals surface area (Å²) in [6.45, 7) is 0. The Labute approximate surface area is 55.1 Å². The van der Waals surface area contributed by atoms with Crippen molar-refractivity contribution in [2.45, 2.75) is 32.1 Å². The average Bonchev–Trinajstić information content (AvgIpc) is 1.91. The molecule has 0 aromatic heterocycles. The zero-order valence-corrected chi connectivity index (χ0v) is 5.51. The van der Waals surface area contributed by atoms with Crippen LogP contribution < -0.4 is 5.26 Å². The minimum absolute atomic E-state index is 0.441. The first-order valence-corrected chi connectivity index (χ1v) is 3.55. The van der Waals surface area contributed by atoms with E-state index in [9.17, 15) is 5.26 Å². The van der Waals surface area contributed by atoms with Crippen LogP contribution in [0.1, 0.15) is 32.1 Å². The van der Waals surface area contributed by atoms with Crippen molar-refractivity contribution in [2.75, 3.05) is 0 Å². The van der Waals surface area contributed by atoms with Gasteiger partial charge in [-0.15, -0.1) is 0 Å². The molecule has 0 unspecified atom stereocenters. The highest BCUT2D eigenvalue weighted by Crippen LogP contribution is 2.21. The van der Waals surface area contributed by atoms with E-state index < -0.39 is 0 Å². The molecule has 52 valence electrons. The lowest BCUT2D eigenvalue weighted by molar-refractivity contribution is -1.04. The lowest BCUT2D eigenvalue weighted by atomic mass is 9.91. The van der Waals surface area contributed by atoms with E-state index in [1.54, 1.807) is 0 Å². The fourth-order valence-electron chi connectivity index (χ4n) is 1.35. The maximum atomic E-state index is 9.64. The van der Waals surface area contributed by atoms with Crippen LogP contribution in [0.4, 0.5) is 0 Å². The molecule has 2 nitrogen and oxygen atoms in total. The van der Waals surface area contributed by atoms with Crippen molar-refractivity contribution < 1.29 is 9.83 Å². The summed E-state index contributed by atoms with van der Waals surface area (Å²) in [4.78, 5) is 0. The highest BCUT2D eigenvalue weighted by atomic mass is 17.1. The third-order valence-electron chi connectivity index (χ3n) is 1.90. The molecule has 0 heterocycles. The number of hydrogen-bond donors (Lipinski definition) is 0. The van der Waals surface area contributed by atoms with Gasteiger partial charge >= 0.3 is 6.29 Å². The second-order valence-electron chi connectivity index (χ2n) is 2.63. The van der Waals surface area contributed by atoms with Gasteiger partial charge in [-0.3, -0.25) is 0 Å². The second kappa shape index (κ2) is 3.49. The molecule has 1 fully saturated rings. The first-order chi connectivity index (χ1) is 4.43. The highest BCUT2D eigenvalue weighted by Gasteiger charge is 2.14. The van der Waals surface area contributed by atoms with E-state index in [0.29, 0.717) is 5.92 Å². The Morgan fingerprint density at radius 3 is 2.44 bits per heavy atom. The van der Waals surface area contributed by atoms with Crippen molar-refractivity contribution in [3.05, 3.63) is 0 Å². The molecule has 2 heteroatoms. The number of carbonyl (C=O) groups excluding carboxylic acids is 1. The minimum atomic E-state index is 0.441. The standard InChI is InChI=1S/C7H12O2/c8-9-6-7-4-2-1-3-5-7/h6-7H,1-5H2. The van der Waals surface area contributed by atoms with Crippen molar-refractivity contribution in [3.63, 3.8) is 0 Å². The van der Waals surface area contributed by atoms with E-state index in [-0.39, 0.29) is 0 Å². The van der Waals surface area contributed by atoms with Crippen LogP contribution in [-0.2, 0) is 4.58 Å². The molecule has 1 aliphatic rings. The van der Waals surface area contributed by atoms with Gasteiger partial charge in [-0.25, -0.2) is 0 Å². The van der Waals surface area contributed by atoms with Crippen LogP contribution in [0.5, 0.6) is 0 Å². The van der Waals surface area contributed by atoms with Crippen LogP contribution in [-0.4, -0.2) is 6.29 Å². The van der Waals surface area contributed by atoms with Gasteiger partial charge in [0.05, 0.1) is 5.92 Å². The van der Waals surface area contributed by atoms with E-state index in [1.165, 1.54) is 25.5 Å². The molecule has 1 saturated carbocycles.